The van der Waals surface area contributed by atoms with Crippen LogP contribution in [0.1, 0.15) is 11.1 Å². The Kier molecular flexibility index (Phi) is 1.43. The lowest BCUT2D eigenvalue weighted by Crippen LogP contribution is -1.74. The Morgan fingerprint density at radius 3 is 2.56 bits per heavy atom. The van der Waals surface area contributed by atoms with E-state index in [0.29, 0.717) is 5.75 Å². The summed E-state index contributed by atoms with van der Waals surface area (Å²) in [6.45, 7) is 5.52. The zero-order valence-electron chi connectivity index (χ0n) is 5.39. The molecule has 0 fully saturated rings. The van der Waals surface area contributed by atoms with E-state index in [2.05, 4.69) is 6.92 Å². The predicted molar refractivity (Wildman–Crippen MR) is 37.3 cm³/mol. The fourth-order valence-electron chi connectivity index (χ4n) is 0.655. The van der Waals surface area contributed by atoms with Crippen molar-refractivity contribution in [3.05, 3.63) is 36.2 Å². The Hall–Kier alpha value is -0.980. The molecule has 1 nitrogen and oxygen atoms in total. The summed E-state index contributed by atoms with van der Waals surface area (Å²) >= 11 is 0. The van der Waals surface area contributed by atoms with Crippen molar-refractivity contribution in [1.29, 1.82) is 0 Å². The zero-order chi connectivity index (χ0) is 6.85. The molecule has 47 valence electrons. The maximum Gasteiger partial charge on any atom is 0.118 e. The van der Waals surface area contributed by atoms with Crippen molar-refractivity contribution in [2.75, 3.05) is 0 Å². The SMILES string of the molecule is [CH2]c1ccc(C)c(O)c1. The van der Waals surface area contributed by atoms with Crippen LogP contribution >= 0.6 is 0 Å². The van der Waals surface area contributed by atoms with Gasteiger partial charge in [-0.25, -0.2) is 0 Å². The van der Waals surface area contributed by atoms with Gasteiger partial charge in [0.1, 0.15) is 5.75 Å². The molecule has 1 heteroatoms. The van der Waals surface area contributed by atoms with Gasteiger partial charge in [0.15, 0.2) is 0 Å². The fourth-order valence-corrected chi connectivity index (χ4v) is 0.655. The second-order valence-electron chi connectivity index (χ2n) is 2.12. The van der Waals surface area contributed by atoms with Crippen molar-refractivity contribution in [2.45, 2.75) is 6.92 Å². The Labute approximate surface area is 55.0 Å². The van der Waals surface area contributed by atoms with E-state index in [-0.39, 0.29) is 0 Å². The Morgan fingerprint density at radius 2 is 2.11 bits per heavy atom. The molecule has 1 aromatic carbocycles. The van der Waals surface area contributed by atoms with Gasteiger partial charge >= 0.3 is 0 Å². The molecule has 0 amide bonds. The summed E-state index contributed by atoms with van der Waals surface area (Å²) in [4.78, 5) is 0. The molecule has 0 aliphatic rings. The molecule has 0 unspecified atom stereocenters. The van der Waals surface area contributed by atoms with Crippen molar-refractivity contribution in [3.8, 4) is 5.75 Å². The topological polar surface area (TPSA) is 20.2 Å². The van der Waals surface area contributed by atoms with Crippen molar-refractivity contribution in [2.24, 2.45) is 0 Å². The minimum absolute atomic E-state index is 0.322. The van der Waals surface area contributed by atoms with Gasteiger partial charge in [-0.1, -0.05) is 12.1 Å². The summed E-state index contributed by atoms with van der Waals surface area (Å²) in [5, 5.41) is 9.06. The van der Waals surface area contributed by atoms with Gasteiger partial charge in [0.2, 0.25) is 0 Å². The molecule has 0 atom stereocenters. The lowest BCUT2D eigenvalue weighted by atomic mass is 10.1. The second kappa shape index (κ2) is 2.09. The van der Waals surface area contributed by atoms with Crippen LogP contribution in [0.2, 0.25) is 0 Å². The predicted octanol–water partition coefficient (Wildman–Crippen LogP) is 1.88. The van der Waals surface area contributed by atoms with E-state index in [1.165, 1.54) is 0 Å². The molecule has 1 aromatic rings. The average molecular weight is 121 g/mol. The minimum atomic E-state index is 0.322. The summed E-state index contributed by atoms with van der Waals surface area (Å²) in [6, 6.07) is 5.36. The van der Waals surface area contributed by atoms with Gasteiger partial charge in [-0.3, -0.25) is 0 Å². The van der Waals surface area contributed by atoms with Crippen molar-refractivity contribution in [3.63, 3.8) is 0 Å². The van der Waals surface area contributed by atoms with Gasteiger partial charge in [0.25, 0.3) is 0 Å². The molecule has 1 rings (SSSR count). The molecule has 0 aromatic heterocycles. The summed E-state index contributed by atoms with van der Waals surface area (Å²) < 4.78 is 0. The average Bonchev–Trinajstić information content (AvgIpc) is 1.80. The number of rotatable bonds is 0. The number of aryl methyl sites for hydroxylation is 1. The molecule has 0 aliphatic carbocycles. The minimum Gasteiger partial charge on any atom is -0.508 e. The monoisotopic (exact) mass is 121 g/mol. The zero-order valence-corrected chi connectivity index (χ0v) is 5.39. The molecular formula is C8H9O. The highest BCUT2D eigenvalue weighted by Crippen LogP contribution is 2.15. The van der Waals surface area contributed by atoms with Crippen LogP contribution in [0.3, 0.4) is 0 Å². The van der Waals surface area contributed by atoms with Crippen LogP contribution in [0.15, 0.2) is 18.2 Å². The highest BCUT2D eigenvalue weighted by atomic mass is 16.3. The Morgan fingerprint density at radius 1 is 1.44 bits per heavy atom. The van der Waals surface area contributed by atoms with E-state index in [0.717, 1.165) is 11.1 Å². The smallest absolute Gasteiger partial charge is 0.118 e. The van der Waals surface area contributed by atoms with Gasteiger partial charge < -0.3 is 5.11 Å². The molecule has 0 heterocycles. The molecule has 1 N–H and O–H groups in total. The number of phenolic OH excluding ortho intramolecular Hbond substituents is 1. The first-order valence-electron chi connectivity index (χ1n) is 2.82. The van der Waals surface area contributed by atoms with E-state index in [1.54, 1.807) is 6.07 Å². The van der Waals surface area contributed by atoms with Gasteiger partial charge in [-0.05, 0) is 31.0 Å². The van der Waals surface area contributed by atoms with E-state index in [9.17, 15) is 0 Å². The maximum absolute atomic E-state index is 9.06. The first kappa shape index (κ1) is 6.14. The molecule has 0 bridgehead atoms. The number of phenols is 1. The van der Waals surface area contributed by atoms with E-state index in [4.69, 9.17) is 5.11 Å². The normalized spacial score (nSPS) is 9.56. The number of hydrogen-bond donors (Lipinski definition) is 1. The van der Waals surface area contributed by atoms with Crippen LogP contribution in [0.25, 0.3) is 0 Å². The number of benzene rings is 1. The molecule has 9 heavy (non-hydrogen) atoms. The number of hydrogen-bond acceptors (Lipinski definition) is 1. The standard InChI is InChI=1S/C8H9O/c1-6-3-4-7(2)8(9)5-6/h3-5,9H,1H2,2H3. The highest BCUT2D eigenvalue weighted by molar-refractivity contribution is 5.36. The molecule has 0 saturated heterocycles. The summed E-state index contributed by atoms with van der Waals surface area (Å²) in [6.07, 6.45) is 0. The van der Waals surface area contributed by atoms with Crippen LogP contribution < -0.4 is 0 Å². The van der Waals surface area contributed by atoms with E-state index < -0.39 is 0 Å². The van der Waals surface area contributed by atoms with Gasteiger partial charge in [0, 0.05) is 0 Å². The Balaban J connectivity index is 3.17. The van der Waals surface area contributed by atoms with Crippen molar-refractivity contribution < 1.29 is 5.11 Å². The van der Waals surface area contributed by atoms with Crippen LogP contribution in [0, 0.1) is 13.8 Å². The highest BCUT2D eigenvalue weighted by Gasteiger charge is 1.91. The third-order valence-electron chi connectivity index (χ3n) is 1.27. The third kappa shape index (κ3) is 1.22. The molecule has 1 radical (unpaired) electrons. The summed E-state index contributed by atoms with van der Waals surface area (Å²) in [7, 11) is 0. The fraction of sp³-hybridized carbons (Fsp3) is 0.125. The molecule has 0 aliphatic heterocycles. The first-order chi connectivity index (χ1) is 4.20. The van der Waals surface area contributed by atoms with Crippen LogP contribution in [-0.2, 0) is 0 Å². The first-order valence-corrected chi connectivity index (χ1v) is 2.82. The second-order valence-corrected chi connectivity index (χ2v) is 2.12. The lowest BCUT2D eigenvalue weighted by Gasteiger charge is -1.96. The van der Waals surface area contributed by atoms with Gasteiger partial charge in [0.05, 0.1) is 0 Å². The van der Waals surface area contributed by atoms with E-state index in [1.807, 2.05) is 19.1 Å². The lowest BCUT2D eigenvalue weighted by molar-refractivity contribution is 0.471. The van der Waals surface area contributed by atoms with Gasteiger partial charge in [-0.15, -0.1) is 0 Å². The number of aromatic hydroxyl groups is 1. The third-order valence-corrected chi connectivity index (χ3v) is 1.27. The van der Waals surface area contributed by atoms with Crippen LogP contribution in [0.4, 0.5) is 0 Å². The maximum atomic E-state index is 9.06. The van der Waals surface area contributed by atoms with Crippen molar-refractivity contribution in [1.82, 2.24) is 0 Å². The van der Waals surface area contributed by atoms with E-state index >= 15 is 0 Å². The largest absolute Gasteiger partial charge is 0.508 e. The van der Waals surface area contributed by atoms with Crippen LogP contribution in [-0.4, -0.2) is 5.11 Å². The Bertz CT molecular complexity index is 216. The molecular weight excluding hydrogens is 112 g/mol. The quantitative estimate of drug-likeness (QED) is 0.555. The summed E-state index contributed by atoms with van der Waals surface area (Å²) in [5.74, 6) is 0.322. The molecule has 0 saturated carbocycles. The summed E-state index contributed by atoms with van der Waals surface area (Å²) in [5.41, 5.74) is 1.74. The molecule has 0 spiro atoms. The van der Waals surface area contributed by atoms with Crippen LogP contribution in [0.5, 0.6) is 5.75 Å². The van der Waals surface area contributed by atoms with Crippen molar-refractivity contribution >= 4 is 0 Å². The van der Waals surface area contributed by atoms with Gasteiger partial charge in [-0.2, -0.15) is 0 Å².